The van der Waals surface area contributed by atoms with E-state index in [-0.39, 0.29) is 5.82 Å². The molecular formula is C31H27FN6O. The van der Waals surface area contributed by atoms with Gasteiger partial charge in [-0.2, -0.15) is 5.10 Å². The predicted octanol–water partition coefficient (Wildman–Crippen LogP) is 6.45. The van der Waals surface area contributed by atoms with E-state index in [9.17, 15) is 4.39 Å². The van der Waals surface area contributed by atoms with E-state index >= 15 is 0 Å². The summed E-state index contributed by atoms with van der Waals surface area (Å²) < 4.78 is 20.6. The topological polar surface area (TPSA) is 82.7 Å². The molecule has 1 aliphatic rings. The van der Waals surface area contributed by atoms with Crippen molar-refractivity contribution in [2.45, 2.75) is 12.8 Å². The number of benzene rings is 2. The zero-order chi connectivity index (χ0) is 26.2. The molecule has 0 bridgehead atoms. The van der Waals surface area contributed by atoms with E-state index in [1.807, 2.05) is 48.8 Å². The lowest BCUT2D eigenvalue weighted by Gasteiger charge is -2.15. The van der Waals surface area contributed by atoms with E-state index in [0.717, 1.165) is 69.8 Å². The van der Waals surface area contributed by atoms with Crippen LogP contribution in [0.3, 0.4) is 0 Å². The van der Waals surface area contributed by atoms with Crippen molar-refractivity contribution in [3.63, 3.8) is 0 Å². The minimum absolute atomic E-state index is 0.248. The lowest BCUT2D eigenvalue weighted by atomic mass is 10.0. The van der Waals surface area contributed by atoms with Crippen molar-refractivity contribution in [2.75, 3.05) is 26.2 Å². The minimum Gasteiger partial charge on any atom is -0.491 e. The molecule has 0 radical (unpaired) electrons. The molecule has 4 aromatic heterocycles. The standard InChI is InChI=1S/C31H27FN6O/c32-27-8-2-1-6-24(27)23-7-5-9-28-25(23)16-29(35-28)30-26-15-21(18-34-31(26)37-36-30)20-14-22(19-33-17-20)39-13-12-38-10-3-4-11-38/h1-2,5-9,14-19,35H,3-4,10-13H2,(H,34,36,37). The molecule has 1 aliphatic heterocycles. The summed E-state index contributed by atoms with van der Waals surface area (Å²) in [6.07, 6.45) is 7.93. The van der Waals surface area contributed by atoms with Crippen LogP contribution in [0.4, 0.5) is 4.39 Å². The Morgan fingerprint density at radius 3 is 2.62 bits per heavy atom. The van der Waals surface area contributed by atoms with Crippen molar-refractivity contribution in [1.29, 1.82) is 0 Å². The van der Waals surface area contributed by atoms with Crippen LogP contribution >= 0.6 is 0 Å². The Kier molecular flexibility index (Phi) is 6.01. The average molecular weight is 519 g/mol. The van der Waals surface area contributed by atoms with Gasteiger partial charge in [-0.25, -0.2) is 9.37 Å². The number of hydrogen-bond acceptors (Lipinski definition) is 5. The molecule has 2 N–H and O–H groups in total. The van der Waals surface area contributed by atoms with E-state index in [0.29, 0.717) is 17.8 Å². The Morgan fingerprint density at radius 2 is 1.72 bits per heavy atom. The molecule has 194 valence electrons. The number of nitrogens with one attached hydrogen (secondary N) is 2. The lowest BCUT2D eigenvalue weighted by molar-refractivity contribution is 0.237. The highest BCUT2D eigenvalue weighted by Gasteiger charge is 2.16. The first-order chi connectivity index (χ1) is 19.2. The third-order valence-corrected chi connectivity index (χ3v) is 7.42. The zero-order valence-corrected chi connectivity index (χ0v) is 21.3. The highest BCUT2D eigenvalue weighted by atomic mass is 19.1. The fourth-order valence-corrected chi connectivity index (χ4v) is 5.42. The van der Waals surface area contributed by atoms with Crippen LogP contribution in [0.2, 0.25) is 0 Å². The number of hydrogen-bond donors (Lipinski definition) is 2. The van der Waals surface area contributed by atoms with E-state index < -0.39 is 0 Å². The number of H-pyrrole nitrogens is 2. The van der Waals surface area contributed by atoms with Gasteiger partial charge in [0.2, 0.25) is 0 Å². The third kappa shape index (κ3) is 4.53. The molecule has 0 atom stereocenters. The maximum Gasteiger partial charge on any atom is 0.155 e. The van der Waals surface area contributed by atoms with Gasteiger partial charge in [0.05, 0.1) is 11.9 Å². The number of ether oxygens (including phenoxy) is 1. The first kappa shape index (κ1) is 23.5. The van der Waals surface area contributed by atoms with Crippen LogP contribution < -0.4 is 4.74 Å². The van der Waals surface area contributed by atoms with E-state index in [1.165, 1.54) is 18.9 Å². The van der Waals surface area contributed by atoms with Gasteiger partial charge >= 0.3 is 0 Å². The minimum atomic E-state index is -0.248. The number of fused-ring (bicyclic) bond motifs is 2. The van der Waals surface area contributed by atoms with Gasteiger partial charge in [0.1, 0.15) is 23.9 Å². The molecule has 0 spiro atoms. The highest BCUT2D eigenvalue weighted by Crippen LogP contribution is 2.35. The Balaban J connectivity index is 1.21. The SMILES string of the molecule is Fc1ccccc1-c1cccc2[nH]c(-c3n[nH]c4ncc(-c5cncc(OCCN6CCCC6)c5)cc34)cc12. The van der Waals surface area contributed by atoms with Gasteiger partial charge < -0.3 is 9.72 Å². The molecule has 1 saturated heterocycles. The second kappa shape index (κ2) is 9.96. The second-order valence-electron chi connectivity index (χ2n) is 9.93. The van der Waals surface area contributed by atoms with Gasteiger partial charge in [-0.3, -0.25) is 15.0 Å². The number of nitrogens with zero attached hydrogens (tertiary/aromatic N) is 4. The largest absolute Gasteiger partial charge is 0.491 e. The molecule has 5 heterocycles. The van der Waals surface area contributed by atoms with Crippen LogP contribution in [0.1, 0.15) is 12.8 Å². The number of aromatic amines is 2. The average Bonchev–Trinajstić information content (AvgIpc) is 3.73. The molecule has 6 aromatic rings. The zero-order valence-electron chi connectivity index (χ0n) is 21.3. The van der Waals surface area contributed by atoms with Crippen LogP contribution in [0.25, 0.3) is 55.6 Å². The summed E-state index contributed by atoms with van der Waals surface area (Å²) in [5, 5.41) is 9.43. The normalized spacial score (nSPS) is 14.0. The van der Waals surface area contributed by atoms with Crippen LogP contribution in [-0.4, -0.2) is 56.3 Å². The molecule has 7 nitrogen and oxygen atoms in total. The molecule has 2 aromatic carbocycles. The Labute approximate surface area is 224 Å². The maximum absolute atomic E-state index is 14.6. The predicted molar refractivity (Wildman–Crippen MR) is 151 cm³/mol. The summed E-state index contributed by atoms with van der Waals surface area (Å²) in [4.78, 5) is 14.9. The van der Waals surface area contributed by atoms with E-state index in [2.05, 4.69) is 36.1 Å². The summed E-state index contributed by atoms with van der Waals surface area (Å²) >= 11 is 0. The number of likely N-dealkylation sites (tertiary alicyclic amines) is 1. The Morgan fingerprint density at radius 1 is 0.872 bits per heavy atom. The molecule has 1 fully saturated rings. The summed E-state index contributed by atoms with van der Waals surface area (Å²) in [6, 6.07) is 18.8. The van der Waals surface area contributed by atoms with Crippen molar-refractivity contribution in [2.24, 2.45) is 0 Å². The van der Waals surface area contributed by atoms with Crippen LogP contribution in [-0.2, 0) is 0 Å². The summed E-state index contributed by atoms with van der Waals surface area (Å²) in [5.41, 5.74) is 6.43. The van der Waals surface area contributed by atoms with Crippen LogP contribution in [0.15, 0.2) is 79.3 Å². The molecule has 0 unspecified atom stereocenters. The smallest absolute Gasteiger partial charge is 0.155 e. The molecule has 8 heteroatoms. The molecule has 0 amide bonds. The Hall–Kier alpha value is -4.56. The van der Waals surface area contributed by atoms with Crippen molar-refractivity contribution >= 4 is 21.9 Å². The Bertz CT molecular complexity index is 1790. The van der Waals surface area contributed by atoms with Gasteiger partial charge in [-0.1, -0.05) is 30.3 Å². The number of pyridine rings is 2. The van der Waals surface area contributed by atoms with Crippen LogP contribution in [0, 0.1) is 5.82 Å². The molecule has 7 rings (SSSR count). The van der Waals surface area contributed by atoms with Crippen molar-refractivity contribution in [3.8, 4) is 39.4 Å². The highest BCUT2D eigenvalue weighted by molar-refractivity contribution is 6.01. The summed E-state index contributed by atoms with van der Waals surface area (Å²) in [6.45, 7) is 3.88. The number of rotatable bonds is 7. The van der Waals surface area contributed by atoms with Gasteiger partial charge in [-0.05, 0) is 61.8 Å². The maximum atomic E-state index is 14.6. The molecule has 0 aliphatic carbocycles. The molecule has 0 saturated carbocycles. The van der Waals surface area contributed by atoms with E-state index in [1.54, 1.807) is 18.3 Å². The van der Waals surface area contributed by atoms with Crippen molar-refractivity contribution in [3.05, 3.63) is 85.1 Å². The third-order valence-electron chi connectivity index (χ3n) is 7.42. The van der Waals surface area contributed by atoms with Crippen molar-refractivity contribution < 1.29 is 9.13 Å². The summed E-state index contributed by atoms with van der Waals surface area (Å²) in [5.74, 6) is 0.498. The molecular weight excluding hydrogens is 491 g/mol. The second-order valence-corrected chi connectivity index (χ2v) is 9.93. The fourth-order valence-electron chi connectivity index (χ4n) is 5.42. The van der Waals surface area contributed by atoms with Gasteiger partial charge in [-0.15, -0.1) is 0 Å². The first-order valence-corrected chi connectivity index (χ1v) is 13.2. The quantitative estimate of drug-likeness (QED) is 0.254. The number of halogens is 1. The molecule has 39 heavy (non-hydrogen) atoms. The van der Waals surface area contributed by atoms with Gasteiger partial charge in [0.15, 0.2) is 5.65 Å². The van der Waals surface area contributed by atoms with E-state index in [4.69, 9.17) is 4.74 Å². The number of aromatic nitrogens is 5. The monoisotopic (exact) mass is 518 g/mol. The van der Waals surface area contributed by atoms with Crippen molar-refractivity contribution in [1.82, 2.24) is 30.0 Å². The fraction of sp³-hybridized carbons (Fsp3) is 0.194. The first-order valence-electron chi connectivity index (χ1n) is 13.2. The van der Waals surface area contributed by atoms with Gasteiger partial charge in [0.25, 0.3) is 0 Å². The van der Waals surface area contributed by atoms with Crippen LogP contribution in [0.5, 0.6) is 5.75 Å². The lowest BCUT2D eigenvalue weighted by Crippen LogP contribution is -2.25. The summed E-state index contributed by atoms with van der Waals surface area (Å²) in [7, 11) is 0. The van der Waals surface area contributed by atoms with Gasteiger partial charge in [0, 0.05) is 51.9 Å².